The van der Waals surface area contributed by atoms with Gasteiger partial charge >= 0.3 is 6.18 Å². The minimum atomic E-state index is -4.42. The predicted molar refractivity (Wildman–Crippen MR) is 96.2 cm³/mol. The van der Waals surface area contributed by atoms with Gasteiger partial charge in [0, 0.05) is 17.5 Å². The first-order chi connectivity index (χ1) is 12.5. The molecule has 2 aromatic carbocycles. The molecule has 0 aliphatic heterocycles. The molecule has 0 atom stereocenters. The average Bonchev–Trinajstić information content (AvgIpc) is 3.00. The summed E-state index contributed by atoms with van der Waals surface area (Å²) in [5, 5.41) is 5.05. The zero-order chi connectivity index (χ0) is 18.7. The SMILES string of the molecule is CCCCCn1nc(-c2ccc(OC)cc2)c2cccc(C(F)(F)F)c21. The Morgan fingerprint density at radius 3 is 2.38 bits per heavy atom. The van der Waals surface area contributed by atoms with Gasteiger partial charge in [-0.1, -0.05) is 31.9 Å². The molecule has 0 saturated heterocycles. The van der Waals surface area contributed by atoms with Crippen LogP contribution in [0.5, 0.6) is 5.75 Å². The van der Waals surface area contributed by atoms with Gasteiger partial charge in [-0.25, -0.2) is 0 Å². The molecule has 0 bridgehead atoms. The van der Waals surface area contributed by atoms with Crippen LogP contribution < -0.4 is 4.74 Å². The third kappa shape index (κ3) is 3.54. The molecule has 0 aliphatic carbocycles. The number of hydrogen-bond acceptors (Lipinski definition) is 2. The standard InChI is InChI=1S/C20H21F3N2O/c1-3-4-5-13-25-19-16(7-6-8-17(19)20(21,22)23)18(24-25)14-9-11-15(26-2)12-10-14/h6-12H,3-5,13H2,1-2H3. The van der Waals surface area contributed by atoms with Crippen LogP contribution in [-0.2, 0) is 12.7 Å². The maximum Gasteiger partial charge on any atom is 0.418 e. The van der Waals surface area contributed by atoms with E-state index in [1.807, 2.05) is 12.1 Å². The van der Waals surface area contributed by atoms with E-state index in [-0.39, 0.29) is 5.52 Å². The first-order valence-corrected chi connectivity index (χ1v) is 8.67. The monoisotopic (exact) mass is 362 g/mol. The third-order valence-corrected chi connectivity index (χ3v) is 4.41. The van der Waals surface area contributed by atoms with Crippen LogP contribution in [0.15, 0.2) is 42.5 Å². The van der Waals surface area contributed by atoms with Gasteiger partial charge in [0.25, 0.3) is 0 Å². The summed E-state index contributed by atoms with van der Waals surface area (Å²) in [6.45, 7) is 2.53. The van der Waals surface area contributed by atoms with Crippen LogP contribution in [0.3, 0.4) is 0 Å². The molecule has 0 radical (unpaired) electrons. The van der Waals surface area contributed by atoms with Crippen molar-refractivity contribution in [1.29, 1.82) is 0 Å². The fourth-order valence-electron chi connectivity index (χ4n) is 3.10. The first-order valence-electron chi connectivity index (χ1n) is 8.67. The molecule has 6 heteroatoms. The van der Waals surface area contributed by atoms with Crippen molar-refractivity contribution in [2.24, 2.45) is 0 Å². The van der Waals surface area contributed by atoms with Gasteiger partial charge < -0.3 is 4.74 Å². The Kier molecular flexibility index (Phi) is 5.20. The number of hydrogen-bond donors (Lipinski definition) is 0. The number of rotatable bonds is 6. The lowest BCUT2D eigenvalue weighted by Crippen LogP contribution is -2.09. The molecule has 1 heterocycles. The maximum absolute atomic E-state index is 13.5. The van der Waals surface area contributed by atoms with Crippen LogP contribution in [0, 0.1) is 0 Å². The first kappa shape index (κ1) is 18.3. The van der Waals surface area contributed by atoms with Crippen molar-refractivity contribution in [3.05, 3.63) is 48.0 Å². The maximum atomic E-state index is 13.5. The van der Waals surface area contributed by atoms with Crippen LogP contribution in [0.4, 0.5) is 13.2 Å². The van der Waals surface area contributed by atoms with E-state index in [0.29, 0.717) is 23.4 Å². The second-order valence-corrected chi connectivity index (χ2v) is 6.21. The van der Waals surface area contributed by atoms with E-state index in [1.165, 1.54) is 10.7 Å². The highest BCUT2D eigenvalue weighted by Gasteiger charge is 2.34. The largest absolute Gasteiger partial charge is 0.497 e. The summed E-state index contributed by atoms with van der Waals surface area (Å²) >= 11 is 0. The van der Waals surface area contributed by atoms with E-state index in [4.69, 9.17) is 4.74 Å². The second kappa shape index (κ2) is 7.40. The minimum absolute atomic E-state index is 0.155. The molecule has 0 fully saturated rings. The number of fused-ring (bicyclic) bond motifs is 1. The van der Waals surface area contributed by atoms with Gasteiger partial charge in [0.15, 0.2) is 0 Å². The van der Waals surface area contributed by atoms with Gasteiger partial charge in [0.1, 0.15) is 11.4 Å². The molecule has 0 N–H and O–H groups in total. The molecular weight excluding hydrogens is 341 g/mol. The summed E-state index contributed by atoms with van der Waals surface area (Å²) in [4.78, 5) is 0. The summed E-state index contributed by atoms with van der Waals surface area (Å²) in [5.74, 6) is 0.691. The Morgan fingerprint density at radius 1 is 1.04 bits per heavy atom. The zero-order valence-corrected chi connectivity index (χ0v) is 14.8. The second-order valence-electron chi connectivity index (χ2n) is 6.21. The topological polar surface area (TPSA) is 27.1 Å². The van der Waals surface area contributed by atoms with Crippen molar-refractivity contribution in [3.8, 4) is 17.0 Å². The highest BCUT2D eigenvalue weighted by molar-refractivity contribution is 5.95. The number of alkyl halides is 3. The van der Waals surface area contributed by atoms with Gasteiger partial charge in [0.2, 0.25) is 0 Å². The number of benzene rings is 2. The van der Waals surface area contributed by atoms with Crippen LogP contribution in [-0.4, -0.2) is 16.9 Å². The highest BCUT2D eigenvalue weighted by Crippen LogP contribution is 2.38. The van der Waals surface area contributed by atoms with Crippen LogP contribution in [0.25, 0.3) is 22.2 Å². The van der Waals surface area contributed by atoms with Crippen molar-refractivity contribution in [2.75, 3.05) is 7.11 Å². The van der Waals surface area contributed by atoms with E-state index in [2.05, 4.69) is 12.0 Å². The number of halogens is 3. The van der Waals surface area contributed by atoms with Gasteiger partial charge in [-0.15, -0.1) is 0 Å². The number of unbranched alkanes of at least 4 members (excludes halogenated alkanes) is 2. The van der Waals surface area contributed by atoms with Crippen molar-refractivity contribution in [1.82, 2.24) is 9.78 Å². The van der Waals surface area contributed by atoms with Gasteiger partial charge in [0.05, 0.1) is 18.2 Å². The van der Waals surface area contributed by atoms with E-state index in [9.17, 15) is 13.2 Å². The molecule has 0 saturated carbocycles. The lowest BCUT2D eigenvalue weighted by Gasteiger charge is -2.10. The summed E-state index contributed by atoms with van der Waals surface area (Å²) in [7, 11) is 1.57. The molecule has 0 unspecified atom stereocenters. The van der Waals surface area contributed by atoms with Crippen molar-refractivity contribution < 1.29 is 17.9 Å². The fourth-order valence-corrected chi connectivity index (χ4v) is 3.10. The smallest absolute Gasteiger partial charge is 0.418 e. The van der Waals surface area contributed by atoms with E-state index in [0.717, 1.165) is 30.9 Å². The fraction of sp³-hybridized carbons (Fsp3) is 0.350. The normalized spacial score (nSPS) is 11.9. The number of para-hydroxylation sites is 1. The Balaban J connectivity index is 2.17. The van der Waals surface area contributed by atoms with Crippen LogP contribution >= 0.6 is 0 Å². The Labute approximate surface area is 150 Å². The average molecular weight is 362 g/mol. The molecular formula is C20H21F3N2O. The number of ether oxygens (including phenoxy) is 1. The number of aromatic nitrogens is 2. The molecule has 0 aliphatic rings. The van der Waals surface area contributed by atoms with E-state index >= 15 is 0 Å². The predicted octanol–water partition coefficient (Wildman–Crippen LogP) is 5.92. The Morgan fingerprint density at radius 2 is 1.77 bits per heavy atom. The highest BCUT2D eigenvalue weighted by atomic mass is 19.4. The number of methoxy groups -OCH3 is 1. The number of aryl methyl sites for hydroxylation is 1. The van der Waals surface area contributed by atoms with Crippen molar-refractivity contribution >= 4 is 10.9 Å². The Hall–Kier alpha value is -2.50. The van der Waals surface area contributed by atoms with E-state index in [1.54, 1.807) is 25.3 Å². The third-order valence-electron chi connectivity index (χ3n) is 4.41. The molecule has 0 spiro atoms. The van der Waals surface area contributed by atoms with Gasteiger partial charge in [-0.2, -0.15) is 18.3 Å². The van der Waals surface area contributed by atoms with Crippen LogP contribution in [0.1, 0.15) is 31.7 Å². The lowest BCUT2D eigenvalue weighted by molar-refractivity contribution is -0.136. The molecule has 3 nitrogen and oxygen atoms in total. The van der Waals surface area contributed by atoms with Crippen LogP contribution in [0.2, 0.25) is 0 Å². The Bertz CT molecular complexity index is 882. The molecule has 1 aromatic heterocycles. The summed E-state index contributed by atoms with van der Waals surface area (Å²) in [6, 6.07) is 11.5. The zero-order valence-electron chi connectivity index (χ0n) is 14.8. The van der Waals surface area contributed by atoms with Gasteiger partial charge in [-0.05, 0) is 36.8 Å². The van der Waals surface area contributed by atoms with Crippen molar-refractivity contribution in [2.45, 2.75) is 38.9 Å². The van der Waals surface area contributed by atoms with E-state index < -0.39 is 11.7 Å². The molecule has 26 heavy (non-hydrogen) atoms. The quantitative estimate of drug-likeness (QED) is 0.509. The molecule has 138 valence electrons. The molecule has 0 amide bonds. The summed E-state index contributed by atoms with van der Waals surface area (Å²) in [6.07, 6.45) is -1.68. The molecule has 3 aromatic rings. The summed E-state index contributed by atoms with van der Waals surface area (Å²) < 4.78 is 47.3. The van der Waals surface area contributed by atoms with Crippen molar-refractivity contribution in [3.63, 3.8) is 0 Å². The lowest BCUT2D eigenvalue weighted by atomic mass is 10.0. The minimum Gasteiger partial charge on any atom is -0.497 e. The summed E-state index contributed by atoms with van der Waals surface area (Å²) in [5.41, 5.74) is 0.843. The van der Waals surface area contributed by atoms with Gasteiger partial charge in [-0.3, -0.25) is 4.68 Å². The molecule has 3 rings (SSSR count). The number of nitrogens with zero attached hydrogens (tertiary/aromatic N) is 2.